The van der Waals surface area contributed by atoms with Gasteiger partial charge in [0.1, 0.15) is 11.3 Å². The summed E-state index contributed by atoms with van der Waals surface area (Å²) in [6, 6.07) is 20.4. The van der Waals surface area contributed by atoms with Crippen molar-refractivity contribution in [3.63, 3.8) is 0 Å². The monoisotopic (exact) mass is 530 g/mol. The first-order valence-electron chi connectivity index (χ1n) is 11.3. The van der Waals surface area contributed by atoms with E-state index in [0.717, 1.165) is 4.90 Å². The molecule has 0 spiro atoms. The Labute approximate surface area is 221 Å². The molecule has 192 valence electrons. The molecule has 0 radical (unpaired) electrons. The third-order valence-corrected chi connectivity index (χ3v) is 6.78. The Balaban J connectivity index is 1.43. The summed E-state index contributed by atoms with van der Waals surface area (Å²) in [4.78, 5) is 49.2. The number of thioether (sulfide) groups is 1. The number of carboxylic acids is 2. The Hall–Kier alpha value is -4.83. The number of carboxylic acid groups (broad SMARTS) is 2. The summed E-state index contributed by atoms with van der Waals surface area (Å²) in [5.74, 6) is -3.64. The van der Waals surface area contributed by atoms with Crippen molar-refractivity contribution < 1.29 is 34.5 Å². The minimum atomic E-state index is -1.31. The molecule has 0 saturated carbocycles. The van der Waals surface area contributed by atoms with Gasteiger partial charge in [-0.15, -0.1) is 11.8 Å². The highest BCUT2D eigenvalue weighted by molar-refractivity contribution is 8.00. The van der Waals surface area contributed by atoms with Crippen molar-refractivity contribution in [1.82, 2.24) is 0 Å². The van der Waals surface area contributed by atoms with Gasteiger partial charge < -0.3 is 26.0 Å². The first-order valence-corrected chi connectivity index (χ1v) is 12.2. The summed E-state index contributed by atoms with van der Waals surface area (Å²) >= 11 is 1.26. The third-order valence-electron chi connectivity index (χ3n) is 5.67. The van der Waals surface area contributed by atoms with Gasteiger partial charge in [-0.2, -0.15) is 0 Å². The summed E-state index contributed by atoms with van der Waals surface area (Å²) in [6.07, 6.45) is 0. The maximum Gasteiger partial charge on any atom is 0.339 e. The van der Waals surface area contributed by atoms with E-state index in [1.807, 2.05) is 0 Å². The van der Waals surface area contributed by atoms with Crippen LogP contribution in [0.4, 0.5) is 11.4 Å². The normalized spacial score (nSPS) is 11.5. The highest BCUT2D eigenvalue weighted by atomic mass is 32.2. The number of carbonyl (C=O) groups is 4. The van der Waals surface area contributed by atoms with Crippen LogP contribution in [0.15, 0.2) is 83.8 Å². The molecule has 5 N–H and O–H groups in total. The molecular formula is C28H22N2O7S. The summed E-state index contributed by atoms with van der Waals surface area (Å²) < 4.78 is 0. The van der Waals surface area contributed by atoms with E-state index >= 15 is 0 Å². The van der Waals surface area contributed by atoms with Gasteiger partial charge in [0.05, 0.1) is 10.8 Å². The van der Waals surface area contributed by atoms with Crippen molar-refractivity contribution in [1.29, 1.82) is 0 Å². The van der Waals surface area contributed by atoms with Crippen molar-refractivity contribution in [2.45, 2.75) is 17.1 Å². The number of nitrogens with one attached hydrogen (secondary N) is 2. The van der Waals surface area contributed by atoms with E-state index in [9.17, 15) is 29.4 Å². The van der Waals surface area contributed by atoms with Crippen molar-refractivity contribution in [2.75, 3.05) is 10.6 Å². The molecule has 9 nitrogen and oxygen atoms in total. The molecule has 0 aliphatic carbocycles. The van der Waals surface area contributed by atoms with Crippen molar-refractivity contribution in [3.8, 4) is 5.75 Å². The summed E-state index contributed by atoms with van der Waals surface area (Å²) in [7, 11) is 0. The SMILES string of the molecule is CC(Sc1ccc(NC(=O)c2cccc3cccc(C(=O)O)c23)cc1)C(=O)Nc1ccc(O)c(C(=O)O)c1. The Kier molecular flexibility index (Phi) is 7.63. The van der Waals surface area contributed by atoms with Crippen LogP contribution in [0.3, 0.4) is 0 Å². The second-order valence-corrected chi connectivity index (χ2v) is 9.69. The zero-order valence-corrected chi connectivity index (χ0v) is 20.8. The molecule has 10 heteroatoms. The number of carbonyl (C=O) groups excluding carboxylic acids is 2. The number of amides is 2. The topological polar surface area (TPSA) is 153 Å². The average Bonchev–Trinajstić information content (AvgIpc) is 2.89. The fourth-order valence-electron chi connectivity index (χ4n) is 3.81. The molecule has 0 bridgehead atoms. The number of rotatable bonds is 8. The van der Waals surface area contributed by atoms with Gasteiger partial charge >= 0.3 is 11.9 Å². The predicted molar refractivity (Wildman–Crippen MR) is 144 cm³/mol. The van der Waals surface area contributed by atoms with Crippen molar-refractivity contribution in [3.05, 3.63) is 95.6 Å². The molecule has 4 aromatic carbocycles. The van der Waals surface area contributed by atoms with Gasteiger partial charge in [0.2, 0.25) is 5.91 Å². The smallest absolute Gasteiger partial charge is 0.339 e. The second-order valence-electron chi connectivity index (χ2n) is 8.28. The molecule has 0 aliphatic heterocycles. The van der Waals surface area contributed by atoms with Crippen LogP contribution in [0.25, 0.3) is 10.8 Å². The van der Waals surface area contributed by atoms with Crippen LogP contribution in [0.2, 0.25) is 0 Å². The number of hydrogen-bond acceptors (Lipinski definition) is 6. The van der Waals surface area contributed by atoms with E-state index in [0.29, 0.717) is 16.5 Å². The van der Waals surface area contributed by atoms with Gasteiger partial charge in [0.15, 0.2) is 0 Å². The highest BCUT2D eigenvalue weighted by Crippen LogP contribution is 2.28. The first kappa shape index (κ1) is 26.2. The van der Waals surface area contributed by atoms with E-state index in [2.05, 4.69) is 10.6 Å². The van der Waals surface area contributed by atoms with Crippen LogP contribution < -0.4 is 10.6 Å². The Morgan fingerprint density at radius 3 is 1.97 bits per heavy atom. The molecule has 0 fully saturated rings. The van der Waals surface area contributed by atoms with Crippen LogP contribution in [-0.4, -0.2) is 44.3 Å². The van der Waals surface area contributed by atoms with Gasteiger partial charge in [-0.3, -0.25) is 9.59 Å². The van der Waals surface area contributed by atoms with E-state index in [-0.39, 0.29) is 28.3 Å². The standard InChI is InChI=1S/C28H22N2O7S/c1-15(25(32)30-18-10-13-23(31)22(14-18)28(36)37)38-19-11-8-17(9-12-19)29-26(33)20-6-2-4-16-5-3-7-21(24(16)20)27(34)35/h2-15,31H,1H3,(H,29,33)(H,30,32)(H,34,35)(H,36,37). The van der Waals surface area contributed by atoms with Crippen molar-refractivity contribution >= 4 is 57.7 Å². The Bertz CT molecular complexity index is 1560. The summed E-state index contributed by atoms with van der Waals surface area (Å²) in [5.41, 5.74) is 0.702. The summed E-state index contributed by atoms with van der Waals surface area (Å²) in [6.45, 7) is 1.69. The zero-order chi connectivity index (χ0) is 27.4. The second kappa shape index (κ2) is 11.1. The van der Waals surface area contributed by atoms with Crippen LogP contribution >= 0.6 is 11.8 Å². The molecule has 38 heavy (non-hydrogen) atoms. The molecule has 0 saturated heterocycles. The number of phenols is 1. The van der Waals surface area contributed by atoms with Crippen LogP contribution in [0.5, 0.6) is 5.75 Å². The van der Waals surface area contributed by atoms with Crippen LogP contribution in [-0.2, 0) is 4.79 Å². The highest BCUT2D eigenvalue weighted by Gasteiger charge is 2.18. The maximum atomic E-state index is 13.0. The van der Waals surface area contributed by atoms with Gasteiger partial charge in [-0.25, -0.2) is 9.59 Å². The van der Waals surface area contributed by atoms with Gasteiger partial charge in [-0.05, 0) is 66.9 Å². The quantitative estimate of drug-likeness (QED) is 0.152. The average molecular weight is 531 g/mol. The molecule has 2 amide bonds. The lowest BCUT2D eigenvalue weighted by atomic mass is 9.98. The minimum Gasteiger partial charge on any atom is -0.507 e. The fraction of sp³-hybridized carbons (Fsp3) is 0.0714. The largest absolute Gasteiger partial charge is 0.507 e. The van der Waals surface area contributed by atoms with Gasteiger partial charge in [0.25, 0.3) is 5.91 Å². The predicted octanol–water partition coefficient (Wildman–Crippen LogP) is 5.31. The van der Waals surface area contributed by atoms with E-state index in [1.165, 1.54) is 36.0 Å². The number of aromatic hydroxyl groups is 1. The lowest BCUT2D eigenvalue weighted by molar-refractivity contribution is -0.115. The zero-order valence-electron chi connectivity index (χ0n) is 20.0. The van der Waals surface area contributed by atoms with Crippen molar-refractivity contribution in [2.24, 2.45) is 0 Å². The lowest BCUT2D eigenvalue weighted by Crippen LogP contribution is -2.22. The fourth-order valence-corrected chi connectivity index (χ4v) is 4.68. The molecule has 4 rings (SSSR count). The van der Waals surface area contributed by atoms with E-state index < -0.39 is 28.8 Å². The third kappa shape index (κ3) is 5.76. The minimum absolute atomic E-state index is 0.0405. The van der Waals surface area contributed by atoms with Crippen LogP contribution in [0, 0.1) is 0 Å². The van der Waals surface area contributed by atoms with Gasteiger partial charge in [-0.1, -0.05) is 24.3 Å². The molecule has 0 aliphatic rings. The molecule has 1 atom stereocenters. The lowest BCUT2D eigenvalue weighted by Gasteiger charge is -2.13. The number of hydrogen-bond donors (Lipinski definition) is 5. The number of fused-ring (bicyclic) bond motifs is 1. The number of aromatic carboxylic acids is 2. The number of anilines is 2. The summed E-state index contributed by atoms with van der Waals surface area (Å²) in [5, 5.41) is 34.2. The van der Waals surface area contributed by atoms with E-state index in [4.69, 9.17) is 5.11 Å². The van der Waals surface area contributed by atoms with E-state index in [1.54, 1.807) is 61.5 Å². The Morgan fingerprint density at radius 2 is 1.34 bits per heavy atom. The molecule has 1 unspecified atom stereocenters. The molecular weight excluding hydrogens is 508 g/mol. The van der Waals surface area contributed by atoms with Crippen LogP contribution in [0.1, 0.15) is 38.0 Å². The molecule has 0 heterocycles. The molecule has 0 aromatic heterocycles. The Morgan fingerprint density at radius 1 is 0.737 bits per heavy atom. The number of benzene rings is 4. The first-order chi connectivity index (χ1) is 18.1. The van der Waals surface area contributed by atoms with Gasteiger partial charge in [0, 0.05) is 27.2 Å². The maximum absolute atomic E-state index is 13.0. The molecule has 4 aromatic rings.